The minimum Gasteiger partial charge on any atom is -0.493 e. The molecule has 7 nitrogen and oxygen atoms in total. The van der Waals surface area contributed by atoms with Crippen LogP contribution in [0.3, 0.4) is 0 Å². The number of carbonyl (C=O) groups excluding carboxylic acids is 1. The van der Waals surface area contributed by atoms with E-state index in [0.717, 1.165) is 21.8 Å². The minimum absolute atomic E-state index is 0.244. The van der Waals surface area contributed by atoms with E-state index in [1.165, 1.54) is 7.11 Å². The smallest absolute Gasteiger partial charge is 0.337 e. The highest BCUT2D eigenvalue weighted by atomic mass is 16.5. The van der Waals surface area contributed by atoms with Gasteiger partial charge in [0.05, 0.1) is 45.0 Å². The van der Waals surface area contributed by atoms with Gasteiger partial charge in [0, 0.05) is 23.4 Å². The molecule has 0 aliphatic carbocycles. The molecule has 3 aromatic rings. The highest BCUT2D eigenvalue weighted by Gasteiger charge is 2.24. The van der Waals surface area contributed by atoms with Crippen molar-refractivity contribution < 1.29 is 23.7 Å². The predicted molar refractivity (Wildman–Crippen MR) is 114 cm³/mol. The monoisotopic (exact) mass is 400 g/mol. The summed E-state index contributed by atoms with van der Waals surface area (Å²) in [6.07, 6.45) is 0. The molecule has 1 heterocycles. The summed E-state index contributed by atoms with van der Waals surface area (Å²) in [5.74, 6) is 1.36. The van der Waals surface area contributed by atoms with Crippen LogP contribution >= 0.6 is 0 Å². The van der Waals surface area contributed by atoms with E-state index in [1.54, 1.807) is 27.4 Å². The van der Waals surface area contributed by atoms with Gasteiger partial charge >= 0.3 is 5.97 Å². The van der Waals surface area contributed by atoms with Crippen molar-refractivity contribution in [2.45, 2.75) is 19.5 Å². The molecule has 0 saturated carbocycles. The second kappa shape index (κ2) is 8.21. The Morgan fingerprint density at radius 1 is 1.00 bits per heavy atom. The lowest BCUT2D eigenvalue weighted by atomic mass is 10.1. The largest absolute Gasteiger partial charge is 0.493 e. The Labute approximate surface area is 170 Å². The van der Waals surface area contributed by atoms with Crippen molar-refractivity contribution in [3.8, 4) is 17.2 Å². The first kappa shape index (κ1) is 20.8. The van der Waals surface area contributed by atoms with E-state index in [9.17, 15) is 4.79 Å². The number of hydrogen-bond acceptors (Lipinski definition) is 6. The van der Waals surface area contributed by atoms with Crippen molar-refractivity contribution >= 4 is 27.8 Å². The van der Waals surface area contributed by atoms with Crippen molar-refractivity contribution in [1.29, 1.82) is 0 Å². The van der Waals surface area contributed by atoms with E-state index in [0.29, 0.717) is 29.4 Å². The third-order valence-electron chi connectivity index (χ3n) is 5.40. The molecular formula is C22H28N2O5. The number of esters is 1. The number of likely N-dealkylation sites (N-methyl/N-ethyl adjacent to an activating group) is 1. The number of rotatable bonds is 7. The lowest BCUT2D eigenvalue weighted by Gasteiger charge is -2.22. The maximum Gasteiger partial charge on any atom is 0.337 e. The quantitative estimate of drug-likeness (QED) is 0.565. The first-order valence-corrected chi connectivity index (χ1v) is 9.37. The molecule has 0 aliphatic rings. The summed E-state index contributed by atoms with van der Waals surface area (Å²) in [4.78, 5) is 14.3. The van der Waals surface area contributed by atoms with Gasteiger partial charge in [-0.15, -0.1) is 0 Å². The number of hydrogen-bond donors (Lipinski definition) is 0. The van der Waals surface area contributed by atoms with Crippen LogP contribution in [-0.2, 0) is 11.3 Å². The molecule has 0 amide bonds. The molecule has 0 saturated heterocycles. The second-order valence-electron chi connectivity index (χ2n) is 7.19. The lowest BCUT2D eigenvalue weighted by Crippen LogP contribution is -2.29. The van der Waals surface area contributed by atoms with Gasteiger partial charge in [0.15, 0.2) is 11.5 Å². The van der Waals surface area contributed by atoms with Crippen LogP contribution in [0.4, 0.5) is 0 Å². The molecule has 3 rings (SSSR count). The van der Waals surface area contributed by atoms with Crippen LogP contribution in [0.15, 0.2) is 24.3 Å². The molecule has 156 valence electrons. The topological polar surface area (TPSA) is 62.2 Å². The van der Waals surface area contributed by atoms with Gasteiger partial charge in [0.25, 0.3) is 0 Å². The summed E-state index contributed by atoms with van der Waals surface area (Å²) < 4.78 is 24.0. The van der Waals surface area contributed by atoms with Crippen molar-refractivity contribution in [2.24, 2.45) is 0 Å². The van der Waals surface area contributed by atoms with Gasteiger partial charge in [-0.05, 0) is 39.2 Å². The van der Waals surface area contributed by atoms with Gasteiger partial charge in [0.2, 0.25) is 5.75 Å². The van der Waals surface area contributed by atoms with E-state index >= 15 is 0 Å². The average Bonchev–Trinajstić information content (AvgIpc) is 3.03. The number of ether oxygens (including phenoxy) is 4. The van der Waals surface area contributed by atoms with Gasteiger partial charge in [-0.3, -0.25) is 0 Å². The Kier molecular flexibility index (Phi) is 5.88. The summed E-state index contributed by atoms with van der Waals surface area (Å²) in [5, 5.41) is 1.97. The molecule has 0 fully saturated rings. The Morgan fingerprint density at radius 3 is 2.24 bits per heavy atom. The van der Waals surface area contributed by atoms with Gasteiger partial charge in [-0.25, -0.2) is 4.79 Å². The summed E-state index contributed by atoms with van der Waals surface area (Å²) >= 11 is 0. The zero-order valence-corrected chi connectivity index (χ0v) is 18.0. The predicted octanol–water partition coefficient (Wildman–Crippen LogP) is 3.56. The van der Waals surface area contributed by atoms with Crippen LogP contribution < -0.4 is 14.2 Å². The number of benzene rings is 2. The first-order chi connectivity index (χ1) is 13.9. The molecule has 0 bridgehead atoms. The molecule has 29 heavy (non-hydrogen) atoms. The molecule has 0 aliphatic heterocycles. The van der Waals surface area contributed by atoms with E-state index < -0.39 is 0 Å². The van der Waals surface area contributed by atoms with Crippen LogP contribution in [0.2, 0.25) is 0 Å². The molecular weight excluding hydrogens is 372 g/mol. The zero-order valence-electron chi connectivity index (χ0n) is 18.0. The maximum atomic E-state index is 12.1. The van der Waals surface area contributed by atoms with E-state index in [2.05, 4.69) is 16.4 Å². The normalized spacial score (nSPS) is 12.4. The van der Waals surface area contributed by atoms with Crippen molar-refractivity contribution in [2.75, 3.05) is 42.5 Å². The Hall–Kier alpha value is -2.93. The fourth-order valence-electron chi connectivity index (χ4n) is 3.58. The van der Waals surface area contributed by atoms with Gasteiger partial charge in [0.1, 0.15) is 0 Å². The number of carbonyl (C=O) groups is 1. The second-order valence-corrected chi connectivity index (χ2v) is 7.19. The highest BCUT2D eigenvalue weighted by Crippen LogP contribution is 2.46. The number of methoxy groups -OCH3 is 4. The lowest BCUT2D eigenvalue weighted by molar-refractivity contribution is 0.0601. The highest BCUT2D eigenvalue weighted by molar-refractivity contribution is 6.13. The number of fused-ring (bicyclic) bond motifs is 3. The summed E-state index contributed by atoms with van der Waals surface area (Å²) in [7, 11) is 10.3. The van der Waals surface area contributed by atoms with Crippen LogP contribution in [-0.4, -0.2) is 64.0 Å². The maximum absolute atomic E-state index is 12.1. The minimum atomic E-state index is -0.369. The summed E-state index contributed by atoms with van der Waals surface area (Å²) in [6, 6.07) is 7.77. The Balaban J connectivity index is 2.45. The van der Waals surface area contributed by atoms with Crippen LogP contribution in [0.25, 0.3) is 21.8 Å². The van der Waals surface area contributed by atoms with E-state index in [1.807, 2.05) is 32.3 Å². The number of aromatic nitrogens is 1. The van der Waals surface area contributed by atoms with Crippen LogP contribution in [0.1, 0.15) is 17.3 Å². The van der Waals surface area contributed by atoms with E-state index in [4.69, 9.17) is 18.9 Å². The Bertz CT molecular complexity index is 1050. The van der Waals surface area contributed by atoms with Crippen molar-refractivity contribution in [3.05, 3.63) is 29.8 Å². The molecule has 1 aromatic heterocycles. The third kappa shape index (κ3) is 3.46. The van der Waals surface area contributed by atoms with E-state index in [-0.39, 0.29) is 12.0 Å². The molecule has 0 N–H and O–H groups in total. The van der Waals surface area contributed by atoms with Crippen LogP contribution in [0, 0.1) is 0 Å². The van der Waals surface area contributed by atoms with Gasteiger partial charge in [-0.1, -0.05) is 6.07 Å². The summed E-state index contributed by atoms with van der Waals surface area (Å²) in [5.41, 5.74) is 2.32. The molecule has 2 aromatic carbocycles. The molecule has 0 radical (unpaired) electrons. The zero-order chi connectivity index (χ0) is 21.3. The Morgan fingerprint density at radius 2 is 1.69 bits per heavy atom. The molecule has 1 atom stereocenters. The average molecular weight is 400 g/mol. The standard InChI is InChI=1S/C22H28N2O5/c1-13(23(2)3)12-24-17-10-14(22(25)29-7)8-9-15(17)16-11-18(26-4)20(27-5)21(28-6)19(16)24/h8-11,13H,12H2,1-7H3. The van der Waals surface area contributed by atoms with Crippen LogP contribution in [0.5, 0.6) is 17.2 Å². The van der Waals surface area contributed by atoms with Crippen molar-refractivity contribution in [3.63, 3.8) is 0 Å². The van der Waals surface area contributed by atoms with Gasteiger partial charge in [-0.2, -0.15) is 0 Å². The third-order valence-corrected chi connectivity index (χ3v) is 5.40. The fraction of sp³-hybridized carbons (Fsp3) is 0.409. The van der Waals surface area contributed by atoms with Gasteiger partial charge < -0.3 is 28.4 Å². The SMILES string of the molecule is COC(=O)c1ccc2c3cc(OC)c(OC)c(OC)c3n(CC(C)N(C)C)c2c1. The van der Waals surface area contributed by atoms with Crippen molar-refractivity contribution in [1.82, 2.24) is 9.47 Å². The molecule has 7 heteroatoms. The number of nitrogens with zero attached hydrogens (tertiary/aromatic N) is 2. The molecule has 0 spiro atoms. The molecule has 1 unspecified atom stereocenters. The summed E-state index contributed by atoms with van der Waals surface area (Å²) in [6.45, 7) is 2.85. The first-order valence-electron chi connectivity index (χ1n) is 9.37. The fourth-order valence-corrected chi connectivity index (χ4v) is 3.58.